The molecule has 0 N–H and O–H groups in total. The van der Waals surface area contributed by atoms with E-state index in [1.54, 1.807) is 20.8 Å². The van der Waals surface area contributed by atoms with Crippen LogP contribution in [0.1, 0.15) is 64.0 Å². The fourth-order valence-electron chi connectivity index (χ4n) is 4.19. The van der Waals surface area contributed by atoms with Crippen molar-refractivity contribution in [2.24, 2.45) is 0 Å². The SMILES string of the molecule is CCCOC(=O)C1=C(C)N(C2CC2)C(C)=C(C(=O)OCC)C1c1cc(F)c(C)c(F)c1F. The highest BCUT2D eigenvalue weighted by atomic mass is 19.2. The Morgan fingerprint density at radius 3 is 2.03 bits per heavy atom. The minimum Gasteiger partial charge on any atom is -0.463 e. The zero-order valence-electron chi connectivity index (χ0n) is 19.0. The lowest BCUT2D eigenvalue weighted by Crippen LogP contribution is -2.37. The summed E-state index contributed by atoms with van der Waals surface area (Å²) in [6, 6.07) is 0.920. The molecule has 1 unspecified atom stereocenters. The number of carbonyl (C=O) groups excluding carboxylic acids is 2. The topological polar surface area (TPSA) is 55.8 Å². The summed E-state index contributed by atoms with van der Waals surface area (Å²) in [5.74, 6) is -6.52. The van der Waals surface area contributed by atoms with Gasteiger partial charge in [-0.1, -0.05) is 6.92 Å². The van der Waals surface area contributed by atoms with E-state index in [9.17, 15) is 18.4 Å². The highest BCUT2D eigenvalue weighted by Crippen LogP contribution is 2.47. The van der Waals surface area contributed by atoms with E-state index in [0.717, 1.165) is 25.8 Å². The maximum absolute atomic E-state index is 15.2. The van der Waals surface area contributed by atoms with Crippen molar-refractivity contribution in [3.8, 4) is 0 Å². The number of esters is 2. The van der Waals surface area contributed by atoms with E-state index in [4.69, 9.17) is 9.47 Å². The molecule has 1 atom stereocenters. The Hall–Kier alpha value is -2.77. The van der Waals surface area contributed by atoms with Crippen LogP contribution in [0.2, 0.25) is 0 Å². The fourth-order valence-corrected chi connectivity index (χ4v) is 4.19. The van der Waals surface area contributed by atoms with Crippen molar-refractivity contribution >= 4 is 11.9 Å². The average molecular weight is 451 g/mol. The fraction of sp³-hybridized carbons (Fsp3) is 0.500. The quantitative estimate of drug-likeness (QED) is 0.430. The second-order valence-corrected chi connectivity index (χ2v) is 8.09. The first-order chi connectivity index (χ1) is 15.1. The van der Waals surface area contributed by atoms with Crippen molar-refractivity contribution in [3.63, 3.8) is 0 Å². The van der Waals surface area contributed by atoms with E-state index in [1.165, 1.54) is 0 Å². The predicted octanol–water partition coefficient (Wildman–Crippen LogP) is 5.04. The molecule has 0 radical (unpaired) electrons. The van der Waals surface area contributed by atoms with Crippen LogP contribution < -0.4 is 0 Å². The van der Waals surface area contributed by atoms with Gasteiger partial charge in [0.2, 0.25) is 0 Å². The Morgan fingerprint density at radius 1 is 0.969 bits per heavy atom. The van der Waals surface area contributed by atoms with E-state index in [-0.39, 0.29) is 30.4 Å². The van der Waals surface area contributed by atoms with Crippen molar-refractivity contribution in [2.45, 2.75) is 65.8 Å². The Morgan fingerprint density at radius 2 is 1.53 bits per heavy atom. The molecule has 1 saturated carbocycles. The van der Waals surface area contributed by atoms with E-state index in [1.807, 2.05) is 11.8 Å². The summed E-state index contributed by atoms with van der Waals surface area (Å²) in [6.45, 7) is 8.07. The summed E-state index contributed by atoms with van der Waals surface area (Å²) in [4.78, 5) is 28.0. The van der Waals surface area contributed by atoms with Gasteiger partial charge >= 0.3 is 11.9 Å². The van der Waals surface area contributed by atoms with Crippen molar-refractivity contribution in [3.05, 3.63) is 57.2 Å². The molecule has 1 aromatic carbocycles. The number of nitrogens with zero attached hydrogens (tertiary/aromatic N) is 1. The van der Waals surface area contributed by atoms with Crippen LogP contribution in [0.4, 0.5) is 13.2 Å². The van der Waals surface area contributed by atoms with Gasteiger partial charge in [0.1, 0.15) is 5.82 Å². The van der Waals surface area contributed by atoms with Gasteiger partial charge in [-0.25, -0.2) is 22.8 Å². The highest BCUT2D eigenvalue weighted by Gasteiger charge is 2.45. The first kappa shape index (κ1) is 23.9. The number of benzene rings is 1. The molecule has 8 heteroatoms. The lowest BCUT2D eigenvalue weighted by Gasteiger charge is -2.38. The zero-order chi connectivity index (χ0) is 23.7. The molecule has 0 spiro atoms. The van der Waals surface area contributed by atoms with Gasteiger partial charge in [-0.05, 0) is 53.0 Å². The number of rotatable bonds is 7. The van der Waals surface area contributed by atoms with Gasteiger partial charge in [0.15, 0.2) is 11.6 Å². The molecule has 1 aromatic rings. The Bertz CT molecular complexity index is 1010. The summed E-state index contributed by atoms with van der Waals surface area (Å²) in [5, 5.41) is 0. The maximum atomic E-state index is 15.2. The van der Waals surface area contributed by atoms with Crippen LogP contribution in [0, 0.1) is 24.4 Å². The molecule has 1 aliphatic carbocycles. The lowest BCUT2D eigenvalue weighted by molar-refractivity contribution is -0.140. The van der Waals surface area contributed by atoms with Gasteiger partial charge in [0.25, 0.3) is 0 Å². The molecule has 1 fully saturated rings. The molecule has 5 nitrogen and oxygen atoms in total. The van der Waals surface area contributed by atoms with E-state index < -0.39 is 46.4 Å². The number of ether oxygens (including phenoxy) is 2. The van der Waals surface area contributed by atoms with Crippen molar-refractivity contribution in [2.75, 3.05) is 13.2 Å². The minimum atomic E-state index is -1.36. The van der Waals surface area contributed by atoms with E-state index >= 15 is 4.39 Å². The Balaban J connectivity index is 2.31. The van der Waals surface area contributed by atoms with Gasteiger partial charge in [-0.2, -0.15) is 0 Å². The monoisotopic (exact) mass is 451 g/mol. The van der Waals surface area contributed by atoms with Crippen LogP contribution >= 0.6 is 0 Å². The van der Waals surface area contributed by atoms with Crippen LogP contribution in [0.15, 0.2) is 28.6 Å². The average Bonchev–Trinajstić information content (AvgIpc) is 3.58. The lowest BCUT2D eigenvalue weighted by atomic mass is 9.79. The van der Waals surface area contributed by atoms with Crippen LogP contribution in [-0.4, -0.2) is 36.1 Å². The number of hydrogen-bond donors (Lipinski definition) is 0. The molecule has 0 saturated heterocycles. The third-order valence-corrected chi connectivity index (χ3v) is 5.87. The molecule has 174 valence electrons. The van der Waals surface area contributed by atoms with Gasteiger partial charge in [0.05, 0.1) is 30.3 Å². The molecule has 0 bridgehead atoms. The highest BCUT2D eigenvalue weighted by molar-refractivity contribution is 6.00. The summed E-state index contributed by atoms with van der Waals surface area (Å²) >= 11 is 0. The Kier molecular flexibility index (Phi) is 7.00. The molecule has 1 aliphatic heterocycles. The van der Waals surface area contributed by atoms with Crippen LogP contribution in [0.3, 0.4) is 0 Å². The summed E-state index contributed by atoms with van der Waals surface area (Å²) in [6.07, 6.45) is 2.26. The van der Waals surface area contributed by atoms with Crippen molar-refractivity contribution in [1.29, 1.82) is 0 Å². The van der Waals surface area contributed by atoms with Crippen LogP contribution in [0.5, 0.6) is 0 Å². The molecule has 1 heterocycles. The summed E-state index contributed by atoms with van der Waals surface area (Å²) < 4.78 is 54.8. The molecule has 32 heavy (non-hydrogen) atoms. The summed E-state index contributed by atoms with van der Waals surface area (Å²) in [7, 11) is 0. The van der Waals surface area contributed by atoms with E-state index in [2.05, 4.69) is 0 Å². The summed E-state index contributed by atoms with van der Waals surface area (Å²) in [5.41, 5.74) is 0.00301. The molecule has 2 aliphatic rings. The first-order valence-corrected chi connectivity index (χ1v) is 10.8. The standard InChI is InChI=1S/C24H28F3NO4/c1-6-10-32-24(30)19-14(5)28(15-8-9-15)13(4)18(23(29)31-7-2)20(19)16-11-17(25)12(3)21(26)22(16)27/h11,15,20H,6-10H2,1-5H3. The Labute approximate surface area is 185 Å². The molecular weight excluding hydrogens is 423 g/mol. The third kappa shape index (κ3) is 4.14. The van der Waals surface area contributed by atoms with Crippen molar-refractivity contribution in [1.82, 2.24) is 4.90 Å². The maximum Gasteiger partial charge on any atom is 0.336 e. The second-order valence-electron chi connectivity index (χ2n) is 8.09. The normalized spacial score (nSPS) is 18.9. The number of carbonyl (C=O) groups is 2. The second kappa shape index (κ2) is 9.38. The molecular formula is C24H28F3NO4. The number of allylic oxidation sites excluding steroid dienone is 2. The molecule has 0 amide bonds. The van der Waals surface area contributed by atoms with E-state index in [0.29, 0.717) is 17.8 Å². The van der Waals surface area contributed by atoms with Crippen molar-refractivity contribution < 1.29 is 32.2 Å². The predicted molar refractivity (Wildman–Crippen MR) is 112 cm³/mol. The van der Waals surface area contributed by atoms with Gasteiger partial charge in [0, 0.05) is 28.6 Å². The first-order valence-electron chi connectivity index (χ1n) is 10.8. The number of hydrogen-bond acceptors (Lipinski definition) is 5. The van der Waals surface area contributed by atoms with Gasteiger partial charge in [-0.15, -0.1) is 0 Å². The zero-order valence-corrected chi connectivity index (χ0v) is 19.0. The minimum absolute atomic E-state index is 0.0134. The van der Waals surface area contributed by atoms with Gasteiger partial charge < -0.3 is 14.4 Å². The van der Waals surface area contributed by atoms with Crippen LogP contribution in [-0.2, 0) is 19.1 Å². The third-order valence-electron chi connectivity index (χ3n) is 5.87. The smallest absolute Gasteiger partial charge is 0.336 e. The van der Waals surface area contributed by atoms with Crippen LogP contribution in [0.25, 0.3) is 0 Å². The molecule has 0 aromatic heterocycles. The molecule has 3 rings (SSSR count). The largest absolute Gasteiger partial charge is 0.463 e. The van der Waals surface area contributed by atoms with Gasteiger partial charge in [-0.3, -0.25) is 0 Å². The number of halogens is 3.